The van der Waals surface area contributed by atoms with E-state index >= 15 is 0 Å². The van der Waals surface area contributed by atoms with Crippen molar-refractivity contribution in [3.63, 3.8) is 0 Å². The van der Waals surface area contributed by atoms with Gasteiger partial charge in [-0.25, -0.2) is 4.39 Å². The van der Waals surface area contributed by atoms with E-state index in [1.807, 2.05) is 12.1 Å². The first-order chi connectivity index (χ1) is 8.75. The number of pyridine rings is 2. The Labute approximate surface area is 104 Å². The Balaban J connectivity index is 1.90. The number of aryl methyl sites for hydroxylation is 1. The lowest BCUT2D eigenvalue weighted by atomic mass is 9.96. The fourth-order valence-corrected chi connectivity index (χ4v) is 2.52. The highest BCUT2D eigenvalue weighted by molar-refractivity contribution is 5.31. The summed E-state index contributed by atoms with van der Waals surface area (Å²) < 4.78 is 12.8. The molecule has 2 heterocycles. The van der Waals surface area contributed by atoms with E-state index < -0.39 is 11.9 Å². The molecule has 1 aliphatic rings. The molecular weight excluding hydrogens is 231 g/mol. The summed E-state index contributed by atoms with van der Waals surface area (Å²) >= 11 is 0. The molecule has 2 atom stereocenters. The maximum Gasteiger partial charge on any atom is 0.141 e. The average molecular weight is 244 g/mol. The Morgan fingerprint density at radius 2 is 2.17 bits per heavy atom. The van der Waals surface area contributed by atoms with E-state index in [1.54, 1.807) is 6.20 Å². The smallest absolute Gasteiger partial charge is 0.141 e. The van der Waals surface area contributed by atoms with Gasteiger partial charge < -0.3 is 5.11 Å². The second-order valence-electron chi connectivity index (χ2n) is 4.54. The number of hydrogen-bond donors (Lipinski definition) is 1. The molecule has 2 unspecified atom stereocenters. The summed E-state index contributed by atoms with van der Waals surface area (Å²) in [5.74, 6) is -0.435. The molecular formula is C14H13FN2O. The third kappa shape index (κ3) is 1.88. The number of fused-ring (bicyclic) bond motifs is 1. The maximum absolute atomic E-state index is 12.8. The molecule has 0 aliphatic heterocycles. The van der Waals surface area contributed by atoms with Crippen molar-refractivity contribution in [3.05, 3.63) is 59.4 Å². The van der Waals surface area contributed by atoms with Gasteiger partial charge in [-0.1, -0.05) is 6.07 Å². The largest absolute Gasteiger partial charge is 0.386 e. The van der Waals surface area contributed by atoms with Crippen molar-refractivity contribution in [1.82, 2.24) is 9.97 Å². The van der Waals surface area contributed by atoms with Crippen LogP contribution in [0.2, 0.25) is 0 Å². The lowest BCUT2D eigenvalue weighted by Crippen LogP contribution is -2.11. The van der Waals surface area contributed by atoms with Crippen molar-refractivity contribution >= 4 is 0 Å². The lowest BCUT2D eigenvalue weighted by molar-refractivity contribution is 0.138. The van der Waals surface area contributed by atoms with Crippen molar-refractivity contribution in [2.45, 2.75) is 24.9 Å². The number of aliphatic hydroxyl groups is 1. The lowest BCUT2D eigenvalue weighted by Gasteiger charge is -2.17. The molecule has 0 saturated heterocycles. The molecule has 0 saturated carbocycles. The third-order valence-corrected chi connectivity index (χ3v) is 3.44. The predicted molar refractivity (Wildman–Crippen MR) is 64.5 cm³/mol. The number of aliphatic hydroxyl groups excluding tert-OH is 1. The number of hydrogen-bond acceptors (Lipinski definition) is 3. The van der Waals surface area contributed by atoms with Crippen LogP contribution in [0.1, 0.15) is 35.4 Å². The molecule has 1 N–H and O–H groups in total. The molecule has 92 valence electrons. The molecule has 4 heteroatoms. The van der Waals surface area contributed by atoms with Gasteiger partial charge in [0.1, 0.15) is 11.9 Å². The van der Waals surface area contributed by atoms with Gasteiger partial charge in [0, 0.05) is 17.8 Å². The normalized spacial score (nSPS) is 19.6. The van der Waals surface area contributed by atoms with Gasteiger partial charge in [-0.3, -0.25) is 9.97 Å². The zero-order valence-corrected chi connectivity index (χ0v) is 9.75. The van der Waals surface area contributed by atoms with Crippen LogP contribution in [-0.2, 0) is 6.42 Å². The van der Waals surface area contributed by atoms with Gasteiger partial charge in [-0.05, 0) is 36.6 Å². The number of nitrogens with zero attached hydrogens (tertiary/aromatic N) is 2. The van der Waals surface area contributed by atoms with E-state index in [0.29, 0.717) is 5.69 Å². The number of aromatic nitrogens is 2. The van der Waals surface area contributed by atoms with Gasteiger partial charge in [0.25, 0.3) is 0 Å². The third-order valence-electron chi connectivity index (χ3n) is 3.44. The summed E-state index contributed by atoms with van der Waals surface area (Å²) in [4.78, 5) is 8.29. The molecule has 0 radical (unpaired) electrons. The van der Waals surface area contributed by atoms with E-state index in [1.165, 1.54) is 17.7 Å². The Bertz CT molecular complexity index is 556. The summed E-state index contributed by atoms with van der Waals surface area (Å²) in [6.45, 7) is 0. The second-order valence-corrected chi connectivity index (χ2v) is 4.54. The van der Waals surface area contributed by atoms with Crippen LogP contribution in [0.3, 0.4) is 0 Å². The van der Waals surface area contributed by atoms with Crippen LogP contribution >= 0.6 is 0 Å². The van der Waals surface area contributed by atoms with Crippen molar-refractivity contribution in [1.29, 1.82) is 0 Å². The maximum atomic E-state index is 12.8. The molecule has 3 rings (SSSR count). The second kappa shape index (κ2) is 4.46. The van der Waals surface area contributed by atoms with E-state index in [0.717, 1.165) is 24.7 Å². The van der Waals surface area contributed by atoms with Gasteiger partial charge in [0.2, 0.25) is 0 Å². The molecule has 3 nitrogen and oxygen atoms in total. The minimum atomic E-state index is -0.721. The fraction of sp³-hybridized carbons (Fsp3) is 0.286. The Morgan fingerprint density at radius 1 is 1.28 bits per heavy atom. The molecule has 0 amide bonds. The van der Waals surface area contributed by atoms with Crippen LogP contribution in [0.15, 0.2) is 36.7 Å². The summed E-state index contributed by atoms with van der Waals surface area (Å²) in [7, 11) is 0. The van der Waals surface area contributed by atoms with E-state index in [-0.39, 0.29) is 5.92 Å². The molecule has 2 aromatic heterocycles. The quantitative estimate of drug-likeness (QED) is 0.882. The first kappa shape index (κ1) is 11.3. The van der Waals surface area contributed by atoms with E-state index in [4.69, 9.17) is 0 Å². The molecule has 0 bridgehead atoms. The predicted octanol–water partition coefficient (Wildman–Crippen LogP) is 2.38. The summed E-state index contributed by atoms with van der Waals surface area (Å²) in [6.07, 6.45) is 3.93. The van der Waals surface area contributed by atoms with Crippen LogP contribution in [0, 0.1) is 5.82 Å². The molecule has 18 heavy (non-hydrogen) atoms. The van der Waals surface area contributed by atoms with Crippen molar-refractivity contribution in [2.24, 2.45) is 0 Å². The summed E-state index contributed by atoms with van der Waals surface area (Å²) in [5.41, 5.74) is 2.62. The first-order valence-electron chi connectivity index (χ1n) is 5.99. The van der Waals surface area contributed by atoms with Gasteiger partial charge in [0.05, 0.1) is 11.9 Å². The molecule has 1 aliphatic carbocycles. The topological polar surface area (TPSA) is 46.0 Å². The van der Waals surface area contributed by atoms with Gasteiger partial charge >= 0.3 is 0 Å². The molecule has 0 spiro atoms. The highest BCUT2D eigenvalue weighted by Crippen LogP contribution is 2.39. The zero-order valence-electron chi connectivity index (χ0n) is 9.75. The first-order valence-corrected chi connectivity index (χ1v) is 5.99. The van der Waals surface area contributed by atoms with Crippen molar-refractivity contribution in [3.8, 4) is 0 Å². The average Bonchev–Trinajstić information content (AvgIpc) is 2.82. The monoisotopic (exact) mass is 244 g/mol. The molecule has 0 aromatic carbocycles. The SMILES string of the molecule is OC(c1ccc(F)cn1)C1CCc2cccnc21. The number of rotatable bonds is 2. The highest BCUT2D eigenvalue weighted by Gasteiger charge is 2.31. The molecule has 0 fully saturated rings. The van der Waals surface area contributed by atoms with Crippen LogP contribution in [0.5, 0.6) is 0 Å². The van der Waals surface area contributed by atoms with E-state index in [2.05, 4.69) is 9.97 Å². The van der Waals surface area contributed by atoms with Crippen LogP contribution in [0.4, 0.5) is 4.39 Å². The van der Waals surface area contributed by atoms with Crippen LogP contribution in [0.25, 0.3) is 0 Å². The standard InChI is InChI=1S/C14H13FN2O/c15-10-4-6-12(17-8-10)14(18)11-5-3-9-2-1-7-16-13(9)11/h1-2,4,6-8,11,14,18H,3,5H2. The van der Waals surface area contributed by atoms with Crippen molar-refractivity contribution < 1.29 is 9.50 Å². The van der Waals surface area contributed by atoms with Gasteiger partial charge in [-0.2, -0.15) is 0 Å². The Kier molecular flexibility index (Phi) is 2.80. The summed E-state index contributed by atoms with van der Waals surface area (Å²) in [6, 6.07) is 6.79. The summed E-state index contributed by atoms with van der Waals surface area (Å²) in [5, 5.41) is 10.3. The van der Waals surface area contributed by atoms with E-state index in [9.17, 15) is 9.50 Å². The van der Waals surface area contributed by atoms with Gasteiger partial charge in [-0.15, -0.1) is 0 Å². The van der Waals surface area contributed by atoms with Crippen LogP contribution < -0.4 is 0 Å². The minimum Gasteiger partial charge on any atom is -0.386 e. The minimum absolute atomic E-state index is 0.0424. The van der Waals surface area contributed by atoms with Crippen molar-refractivity contribution in [2.75, 3.05) is 0 Å². The highest BCUT2D eigenvalue weighted by atomic mass is 19.1. The van der Waals surface area contributed by atoms with Crippen LogP contribution in [-0.4, -0.2) is 15.1 Å². The fourth-order valence-electron chi connectivity index (χ4n) is 2.52. The van der Waals surface area contributed by atoms with Gasteiger partial charge in [0.15, 0.2) is 0 Å². The Hall–Kier alpha value is -1.81. The number of halogens is 1. The zero-order chi connectivity index (χ0) is 12.5. The Morgan fingerprint density at radius 3 is 2.94 bits per heavy atom. The molecule has 2 aromatic rings.